The van der Waals surface area contributed by atoms with Gasteiger partial charge in [0.05, 0.1) is 7.14 Å². The highest BCUT2D eigenvalue weighted by Gasteiger charge is 2.20. The maximum Gasteiger partial charge on any atom is 0.320 e. The third-order valence-electron chi connectivity index (χ3n) is 6.58. The molecule has 8 nitrogen and oxygen atoms in total. The van der Waals surface area contributed by atoms with Gasteiger partial charge >= 0.3 is 11.9 Å². The van der Waals surface area contributed by atoms with Crippen molar-refractivity contribution >= 4 is 102 Å². The molecule has 12 heteroatoms. The molecule has 2 rings (SSSR count). The van der Waals surface area contributed by atoms with Crippen molar-refractivity contribution in [2.75, 3.05) is 0 Å². The van der Waals surface area contributed by atoms with Gasteiger partial charge in [0.2, 0.25) is 0 Å². The van der Waals surface area contributed by atoms with Gasteiger partial charge in [0, 0.05) is 7.14 Å². The predicted octanol–water partition coefficient (Wildman–Crippen LogP) is 5.94. The van der Waals surface area contributed by atoms with Gasteiger partial charge in [-0.2, -0.15) is 0 Å². The fourth-order valence-electron chi connectivity index (χ4n) is 4.30. The zero-order valence-corrected chi connectivity index (χ0v) is 30.0. The van der Waals surface area contributed by atoms with Gasteiger partial charge in [-0.1, -0.05) is 44.2 Å². The largest absolute Gasteiger partial charge is 0.507 e. The number of aliphatic carboxylic acids is 2. The molecule has 0 radical (unpaired) electrons. The van der Waals surface area contributed by atoms with Crippen LogP contribution in [0.4, 0.5) is 0 Å². The van der Waals surface area contributed by atoms with E-state index in [0.717, 1.165) is 94.3 Å². The van der Waals surface area contributed by atoms with Crippen molar-refractivity contribution in [3.05, 3.63) is 48.7 Å². The molecule has 0 spiro atoms. The number of halogens is 4. The first kappa shape index (κ1) is 35.0. The molecule has 2 aromatic rings. The van der Waals surface area contributed by atoms with E-state index in [4.69, 9.17) is 21.7 Å². The van der Waals surface area contributed by atoms with Crippen LogP contribution in [0.3, 0.4) is 0 Å². The Hall–Kier alpha value is -0.180. The highest BCUT2D eigenvalue weighted by Crippen LogP contribution is 2.34. The van der Waals surface area contributed by atoms with Crippen LogP contribution in [-0.2, 0) is 35.3 Å². The molecule has 2 atom stereocenters. The molecule has 0 amide bonds. The fourth-order valence-corrected chi connectivity index (χ4v) is 6.95. The summed E-state index contributed by atoms with van der Waals surface area (Å²) in [6.45, 7) is 0. The second kappa shape index (κ2) is 17.1. The van der Waals surface area contributed by atoms with E-state index < -0.39 is 24.0 Å². The lowest BCUT2D eigenvalue weighted by molar-refractivity contribution is -0.139. The fraction of sp³-hybridized carbons (Fsp3) is 0.481. The van der Waals surface area contributed by atoms with Gasteiger partial charge in [-0.05, 0) is 151 Å². The summed E-state index contributed by atoms with van der Waals surface area (Å²) in [5.74, 6) is -1.53. The number of carboxylic acid groups (broad SMARTS) is 2. The quantitative estimate of drug-likeness (QED) is 0.0889. The average molecular weight is 990 g/mol. The third-order valence-corrected chi connectivity index (χ3v) is 13.2. The van der Waals surface area contributed by atoms with Gasteiger partial charge in [0.25, 0.3) is 0 Å². The SMILES string of the molecule is NC(Cc1cc(CCCCCCCCCc2cc(CC(N)C(=O)O)c(I)c(I)c2O)c(O)c(I)c1I)C(=O)O. The number of aryl methyl sites for hydroxylation is 2. The number of nitrogens with two attached hydrogens (primary N) is 2. The van der Waals surface area contributed by atoms with Gasteiger partial charge in [-0.15, -0.1) is 0 Å². The molecule has 0 bridgehead atoms. The van der Waals surface area contributed by atoms with E-state index in [-0.39, 0.29) is 24.3 Å². The standard InChI is InChI=1S/C27H34I4N2O6/c28-20-16(12-18(32)26(36)37)10-14(24(34)22(20)30)8-6-4-2-1-3-5-7-9-15-11-17(13-19(33)27(38)39)21(29)23(31)25(15)35/h10-11,18-19,34-35H,1-9,12-13,32-33H2,(H,36,37)(H,38,39). The van der Waals surface area contributed by atoms with Crippen molar-refractivity contribution < 1.29 is 30.0 Å². The number of unbranched alkanes of at least 4 members (excludes halogenated alkanes) is 6. The Morgan fingerprint density at radius 1 is 0.590 bits per heavy atom. The van der Waals surface area contributed by atoms with E-state index in [1.54, 1.807) is 0 Å². The van der Waals surface area contributed by atoms with E-state index in [2.05, 4.69) is 90.4 Å². The number of aromatic hydroxyl groups is 2. The maximum atomic E-state index is 11.2. The smallest absolute Gasteiger partial charge is 0.320 e. The van der Waals surface area contributed by atoms with Crippen LogP contribution < -0.4 is 11.5 Å². The number of hydrogen-bond acceptors (Lipinski definition) is 6. The van der Waals surface area contributed by atoms with Crippen molar-refractivity contribution in [3.63, 3.8) is 0 Å². The zero-order chi connectivity index (χ0) is 29.3. The van der Waals surface area contributed by atoms with Crippen molar-refractivity contribution in [1.29, 1.82) is 0 Å². The topological polar surface area (TPSA) is 167 Å². The molecule has 0 aliphatic heterocycles. The van der Waals surface area contributed by atoms with Crippen LogP contribution in [0.1, 0.15) is 67.2 Å². The van der Waals surface area contributed by atoms with E-state index in [9.17, 15) is 19.8 Å². The minimum absolute atomic E-state index is 0.229. The summed E-state index contributed by atoms with van der Waals surface area (Å²) >= 11 is 8.46. The molecule has 0 fully saturated rings. The van der Waals surface area contributed by atoms with Crippen molar-refractivity contribution in [2.45, 2.75) is 82.7 Å². The van der Waals surface area contributed by atoms with E-state index in [1.807, 2.05) is 12.1 Å². The number of phenols is 2. The van der Waals surface area contributed by atoms with Gasteiger partial charge in [0.1, 0.15) is 23.6 Å². The summed E-state index contributed by atoms with van der Waals surface area (Å²) in [6.07, 6.45) is 9.13. The number of carbonyl (C=O) groups is 2. The molecule has 0 aliphatic carbocycles. The maximum absolute atomic E-state index is 11.2. The Morgan fingerprint density at radius 3 is 1.21 bits per heavy atom. The predicted molar refractivity (Wildman–Crippen MR) is 185 cm³/mol. The number of hydrogen-bond donors (Lipinski definition) is 6. The average Bonchev–Trinajstić information content (AvgIpc) is 2.89. The van der Waals surface area contributed by atoms with Crippen LogP contribution in [0, 0.1) is 14.3 Å². The van der Waals surface area contributed by atoms with Crippen LogP contribution in [0.25, 0.3) is 0 Å². The normalized spacial score (nSPS) is 12.9. The molecule has 0 heterocycles. The van der Waals surface area contributed by atoms with E-state index in [0.29, 0.717) is 0 Å². The monoisotopic (exact) mass is 990 g/mol. The summed E-state index contributed by atoms with van der Waals surface area (Å²) in [4.78, 5) is 22.3. The Kier molecular flexibility index (Phi) is 15.3. The lowest BCUT2D eigenvalue weighted by Gasteiger charge is -2.15. The van der Waals surface area contributed by atoms with Gasteiger partial charge in [-0.25, -0.2) is 0 Å². The molecule has 216 valence electrons. The van der Waals surface area contributed by atoms with Crippen molar-refractivity contribution in [2.24, 2.45) is 11.5 Å². The summed E-state index contributed by atoms with van der Waals surface area (Å²) in [5.41, 5.74) is 14.8. The van der Waals surface area contributed by atoms with Crippen LogP contribution in [0.5, 0.6) is 11.5 Å². The van der Waals surface area contributed by atoms with Crippen LogP contribution in [-0.4, -0.2) is 44.4 Å². The lowest BCUT2D eigenvalue weighted by Crippen LogP contribution is -2.32. The van der Waals surface area contributed by atoms with Crippen LogP contribution in [0.15, 0.2) is 12.1 Å². The summed E-state index contributed by atoms with van der Waals surface area (Å²) in [7, 11) is 0. The molecule has 39 heavy (non-hydrogen) atoms. The second-order valence-electron chi connectivity index (χ2n) is 9.62. The Morgan fingerprint density at radius 2 is 0.897 bits per heavy atom. The molecule has 0 aromatic heterocycles. The highest BCUT2D eigenvalue weighted by molar-refractivity contribution is 14.1. The minimum Gasteiger partial charge on any atom is -0.507 e. The Balaban J connectivity index is 1.78. The summed E-state index contributed by atoms with van der Waals surface area (Å²) < 4.78 is 3.17. The summed E-state index contributed by atoms with van der Waals surface area (Å²) in [5, 5.41) is 39.4. The minimum atomic E-state index is -1.04. The first-order valence-electron chi connectivity index (χ1n) is 12.7. The highest BCUT2D eigenvalue weighted by atomic mass is 127. The zero-order valence-electron chi connectivity index (χ0n) is 21.4. The van der Waals surface area contributed by atoms with Crippen molar-refractivity contribution in [1.82, 2.24) is 0 Å². The molecule has 0 saturated heterocycles. The number of phenolic OH excluding ortho intramolecular Hbond substituents is 2. The van der Waals surface area contributed by atoms with Crippen molar-refractivity contribution in [3.8, 4) is 11.5 Å². The number of benzene rings is 2. The molecular weight excluding hydrogens is 956 g/mol. The molecule has 2 unspecified atom stereocenters. The molecule has 0 saturated carbocycles. The second-order valence-corrected chi connectivity index (χ2v) is 13.9. The molecule has 8 N–H and O–H groups in total. The Bertz CT molecular complexity index is 1090. The molecule has 0 aliphatic rings. The van der Waals surface area contributed by atoms with Gasteiger partial charge in [0.15, 0.2) is 0 Å². The summed E-state index contributed by atoms with van der Waals surface area (Å²) in [6, 6.07) is 1.85. The first-order chi connectivity index (χ1) is 18.3. The molecular formula is C27H34I4N2O6. The van der Waals surface area contributed by atoms with E-state index in [1.165, 1.54) is 0 Å². The first-order valence-corrected chi connectivity index (χ1v) is 17.0. The van der Waals surface area contributed by atoms with Crippen LogP contribution >= 0.6 is 90.4 Å². The molecule has 2 aromatic carbocycles. The number of carboxylic acids is 2. The Labute approximate surface area is 283 Å². The van der Waals surface area contributed by atoms with Gasteiger partial charge in [-0.3, -0.25) is 9.59 Å². The van der Waals surface area contributed by atoms with E-state index >= 15 is 0 Å². The van der Waals surface area contributed by atoms with Gasteiger partial charge < -0.3 is 31.9 Å². The number of rotatable bonds is 16. The third kappa shape index (κ3) is 10.6. The van der Waals surface area contributed by atoms with Crippen LogP contribution in [0.2, 0.25) is 0 Å². The lowest BCUT2D eigenvalue weighted by atomic mass is 9.98.